The number of hydrogen-bond acceptors (Lipinski definition) is 3. The molecule has 0 fully saturated rings. The molecule has 2 amide bonds. The smallest absolute Gasteiger partial charge is 0.246 e. The molecule has 144 valence electrons. The maximum Gasteiger partial charge on any atom is 0.246 e. The summed E-state index contributed by atoms with van der Waals surface area (Å²) in [5.74, 6) is -0.886. The number of amides is 2. The van der Waals surface area contributed by atoms with E-state index in [2.05, 4.69) is 20.8 Å². The van der Waals surface area contributed by atoms with Gasteiger partial charge in [-0.25, -0.2) is 4.39 Å². The molecule has 1 aromatic carbocycles. The van der Waals surface area contributed by atoms with E-state index < -0.39 is 6.04 Å². The number of nitrogens with one attached hydrogen (secondary N) is 3. The fraction of sp³-hybridized carbons (Fsp3) is 0.450. The fourth-order valence-corrected chi connectivity index (χ4v) is 3.38. The number of hydrogen-bond donors (Lipinski definition) is 3. The zero-order valence-electron chi connectivity index (χ0n) is 15.7. The summed E-state index contributed by atoms with van der Waals surface area (Å²) in [6, 6.07) is 3.47. The van der Waals surface area contributed by atoms with Crippen molar-refractivity contribution in [3.63, 3.8) is 0 Å². The van der Waals surface area contributed by atoms with Crippen molar-refractivity contribution in [1.82, 2.24) is 15.5 Å². The van der Waals surface area contributed by atoms with Crippen LogP contribution in [0.25, 0.3) is 0 Å². The predicted octanol–water partition coefficient (Wildman–Crippen LogP) is 2.81. The van der Waals surface area contributed by atoms with Crippen LogP contribution in [0, 0.1) is 12.7 Å². The molecule has 6 nitrogen and oxygen atoms in total. The summed E-state index contributed by atoms with van der Waals surface area (Å²) in [7, 11) is 0. The summed E-state index contributed by atoms with van der Waals surface area (Å²) in [4.78, 5) is 24.5. The van der Waals surface area contributed by atoms with Crippen LogP contribution >= 0.6 is 0 Å². The van der Waals surface area contributed by atoms with Crippen LogP contribution in [-0.2, 0) is 28.9 Å². The van der Waals surface area contributed by atoms with Crippen LogP contribution in [0.5, 0.6) is 0 Å². The normalized spacial score (nSPS) is 14.3. The van der Waals surface area contributed by atoms with Gasteiger partial charge in [-0.2, -0.15) is 5.10 Å². The molecule has 1 heterocycles. The van der Waals surface area contributed by atoms with E-state index in [1.54, 1.807) is 13.8 Å². The third-order valence-electron chi connectivity index (χ3n) is 4.95. The lowest BCUT2D eigenvalue weighted by Gasteiger charge is -2.15. The van der Waals surface area contributed by atoms with Crippen molar-refractivity contribution in [1.29, 1.82) is 0 Å². The Labute approximate surface area is 157 Å². The van der Waals surface area contributed by atoms with Gasteiger partial charge in [0, 0.05) is 24.2 Å². The number of aryl methyl sites for hydroxylation is 3. The third kappa shape index (κ3) is 4.72. The van der Waals surface area contributed by atoms with Gasteiger partial charge in [-0.3, -0.25) is 14.7 Å². The molecule has 1 unspecified atom stereocenters. The van der Waals surface area contributed by atoms with E-state index in [1.807, 2.05) is 0 Å². The highest BCUT2D eigenvalue weighted by Crippen LogP contribution is 2.23. The Balaban J connectivity index is 1.49. The monoisotopic (exact) mass is 372 g/mol. The molecule has 0 spiro atoms. The number of carbonyl (C=O) groups excluding carboxylic acids is 2. The maximum atomic E-state index is 13.1. The molecule has 0 bridgehead atoms. The summed E-state index contributed by atoms with van der Waals surface area (Å²) in [6.07, 6.45) is 5.21. The van der Waals surface area contributed by atoms with Crippen LogP contribution in [0.3, 0.4) is 0 Å². The van der Waals surface area contributed by atoms with Crippen molar-refractivity contribution in [2.24, 2.45) is 0 Å². The Bertz CT molecular complexity index is 847. The summed E-state index contributed by atoms with van der Waals surface area (Å²) < 4.78 is 13.1. The first kappa shape index (κ1) is 19.1. The second kappa shape index (κ2) is 8.33. The molecule has 0 radical (unpaired) electrons. The lowest BCUT2D eigenvalue weighted by Crippen LogP contribution is -2.41. The number of aromatic nitrogens is 2. The van der Waals surface area contributed by atoms with Gasteiger partial charge in [0.1, 0.15) is 11.9 Å². The lowest BCUT2D eigenvalue weighted by molar-refractivity contribution is -0.126. The van der Waals surface area contributed by atoms with Gasteiger partial charge in [-0.05, 0) is 68.9 Å². The molecule has 3 rings (SSSR count). The van der Waals surface area contributed by atoms with E-state index in [4.69, 9.17) is 0 Å². The van der Waals surface area contributed by atoms with Crippen LogP contribution in [0.2, 0.25) is 0 Å². The van der Waals surface area contributed by atoms with Gasteiger partial charge in [0.05, 0.1) is 5.69 Å². The number of rotatable bonds is 6. The van der Waals surface area contributed by atoms with Crippen LogP contribution < -0.4 is 10.6 Å². The largest absolute Gasteiger partial charge is 0.345 e. The summed E-state index contributed by atoms with van der Waals surface area (Å²) in [5.41, 5.74) is 4.57. The molecule has 0 aliphatic heterocycles. The number of benzene rings is 1. The molecule has 0 saturated carbocycles. The first-order chi connectivity index (χ1) is 12.9. The maximum absolute atomic E-state index is 13.1. The van der Waals surface area contributed by atoms with E-state index in [9.17, 15) is 14.0 Å². The van der Waals surface area contributed by atoms with Gasteiger partial charge in [0.15, 0.2) is 0 Å². The second-order valence-electron chi connectivity index (χ2n) is 7.07. The van der Waals surface area contributed by atoms with Gasteiger partial charge in [0.2, 0.25) is 11.8 Å². The molecule has 1 aliphatic rings. The minimum absolute atomic E-state index is 0.193. The van der Waals surface area contributed by atoms with Crippen molar-refractivity contribution in [3.8, 4) is 0 Å². The Morgan fingerprint density at radius 2 is 2.07 bits per heavy atom. The number of halogens is 1. The Morgan fingerprint density at radius 3 is 2.85 bits per heavy atom. The first-order valence-corrected chi connectivity index (χ1v) is 9.35. The standard InChI is InChI=1S/C20H25FN4O2/c1-12-11-14(21)7-8-16(12)23-20(27)13(2)22-19(26)10-9-18-15-5-3-4-6-17(15)24-25-18/h7-8,11,13H,3-6,9-10H2,1-2H3,(H,22,26)(H,23,27)(H,24,25). The minimum Gasteiger partial charge on any atom is -0.345 e. The Morgan fingerprint density at radius 1 is 1.30 bits per heavy atom. The van der Waals surface area contributed by atoms with E-state index in [1.165, 1.54) is 35.9 Å². The summed E-state index contributed by atoms with van der Waals surface area (Å²) >= 11 is 0. The van der Waals surface area contributed by atoms with E-state index >= 15 is 0 Å². The number of anilines is 1. The number of nitrogens with zero attached hydrogens (tertiary/aromatic N) is 1. The van der Waals surface area contributed by atoms with E-state index in [0.717, 1.165) is 25.0 Å². The molecule has 1 aromatic heterocycles. The van der Waals surface area contributed by atoms with Gasteiger partial charge >= 0.3 is 0 Å². The Hall–Kier alpha value is -2.70. The number of carbonyl (C=O) groups is 2. The topological polar surface area (TPSA) is 86.9 Å². The number of fused-ring (bicyclic) bond motifs is 1. The van der Waals surface area contributed by atoms with Crippen LogP contribution in [-0.4, -0.2) is 28.1 Å². The quantitative estimate of drug-likeness (QED) is 0.729. The molecular formula is C20H25FN4O2. The van der Waals surface area contributed by atoms with Crippen molar-refractivity contribution in [3.05, 3.63) is 46.5 Å². The fourth-order valence-electron chi connectivity index (χ4n) is 3.38. The first-order valence-electron chi connectivity index (χ1n) is 9.35. The number of H-pyrrole nitrogens is 1. The van der Waals surface area contributed by atoms with Gasteiger partial charge in [-0.1, -0.05) is 0 Å². The SMILES string of the molecule is Cc1cc(F)ccc1NC(=O)C(C)NC(=O)CCc1n[nH]c2c1CCCC2. The predicted molar refractivity (Wildman–Crippen MR) is 101 cm³/mol. The number of aromatic amines is 1. The van der Waals surface area contributed by atoms with Gasteiger partial charge in [-0.15, -0.1) is 0 Å². The zero-order valence-corrected chi connectivity index (χ0v) is 15.7. The van der Waals surface area contributed by atoms with Crippen molar-refractivity contribution in [2.75, 3.05) is 5.32 Å². The summed E-state index contributed by atoms with van der Waals surface area (Å²) in [5, 5.41) is 12.8. The van der Waals surface area contributed by atoms with Gasteiger partial charge < -0.3 is 10.6 Å². The highest BCUT2D eigenvalue weighted by atomic mass is 19.1. The molecular weight excluding hydrogens is 347 g/mol. The molecule has 1 aliphatic carbocycles. The highest BCUT2D eigenvalue weighted by molar-refractivity contribution is 5.97. The molecule has 7 heteroatoms. The highest BCUT2D eigenvalue weighted by Gasteiger charge is 2.19. The van der Waals surface area contributed by atoms with Gasteiger partial charge in [0.25, 0.3) is 0 Å². The molecule has 2 aromatic rings. The van der Waals surface area contributed by atoms with Crippen molar-refractivity contribution in [2.45, 2.75) is 58.4 Å². The van der Waals surface area contributed by atoms with Crippen molar-refractivity contribution >= 4 is 17.5 Å². The average Bonchev–Trinajstić information content (AvgIpc) is 3.05. The van der Waals surface area contributed by atoms with Crippen molar-refractivity contribution < 1.29 is 14.0 Å². The molecule has 27 heavy (non-hydrogen) atoms. The van der Waals surface area contributed by atoms with Crippen LogP contribution in [0.4, 0.5) is 10.1 Å². The zero-order chi connectivity index (χ0) is 19.4. The molecule has 1 atom stereocenters. The average molecular weight is 372 g/mol. The molecule has 3 N–H and O–H groups in total. The second-order valence-corrected chi connectivity index (χ2v) is 7.07. The van der Waals surface area contributed by atoms with Crippen LogP contribution in [0.1, 0.15) is 48.7 Å². The van der Waals surface area contributed by atoms with Crippen LogP contribution in [0.15, 0.2) is 18.2 Å². The Kier molecular flexibility index (Phi) is 5.88. The minimum atomic E-state index is -0.685. The van der Waals surface area contributed by atoms with E-state index in [0.29, 0.717) is 17.7 Å². The molecule has 0 saturated heterocycles. The van der Waals surface area contributed by atoms with E-state index in [-0.39, 0.29) is 24.1 Å². The summed E-state index contributed by atoms with van der Waals surface area (Å²) in [6.45, 7) is 3.34. The third-order valence-corrected chi connectivity index (χ3v) is 4.95. The lowest BCUT2D eigenvalue weighted by atomic mass is 9.94.